The van der Waals surface area contributed by atoms with E-state index < -0.39 is 0 Å². The number of hydrogen-bond acceptors (Lipinski definition) is 3. The molecule has 4 heteroatoms. The fraction of sp³-hybridized carbons (Fsp3) is 0.571. The minimum Gasteiger partial charge on any atom is -1.00 e. The van der Waals surface area contributed by atoms with Gasteiger partial charge in [0.15, 0.2) is 0 Å². The minimum atomic E-state index is 0. The topological polar surface area (TPSA) is 30.5 Å². The minimum absolute atomic E-state index is 0. The Hall–Kier alpha value is -0.770. The molecular weight excluding hydrogens is 250 g/mol. The smallest absolute Gasteiger partial charge is 0.119 e. The largest absolute Gasteiger partial charge is 1.00 e. The average molecular weight is 271 g/mol. The van der Waals surface area contributed by atoms with E-state index in [1.807, 2.05) is 19.1 Å². The highest BCUT2D eigenvalue weighted by Gasteiger charge is 2.14. The Labute approximate surface area is 115 Å². The SMILES string of the molecule is CCOc1cccc(CNCC2CCCO2)c1.[Cl-]. The van der Waals surface area contributed by atoms with E-state index in [1.54, 1.807) is 0 Å². The van der Waals surface area contributed by atoms with Crippen molar-refractivity contribution in [1.82, 2.24) is 5.32 Å². The van der Waals surface area contributed by atoms with Crippen LogP contribution in [0, 0.1) is 0 Å². The lowest BCUT2D eigenvalue weighted by Gasteiger charge is -2.11. The van der Waals surface area contributed by atoms with Gasteiger partial charge in [0.2, 0.25) is 0 Å². The van der Waals surface area contributed by atoms with E-state index in [-0.39, 0.29) is 12.4 Å². The van der Waals surface area contributed by atoms with Gasteiger partial charge in [0.1, 0.15) is 5.75 Å². The summed E-state index contributed by atoms with van der Waals surface area (Å²) in [6.45, 7) is 5.46. The summed E-state index contributed by atoms with van der Waals surface area (Å²) < 4.78 is 11.0. The van der Waals surface area contributed by atoms with Crippen molar-refractivity contribution in [3.05, 3.63) is 29.8 Å². The van der Waals surface area contributed by atoms with E-state index in [0.29, 0.717) is 12.7 Å². The Morgan fingerprint density at radius 3 is 3.06 bits per heavy atom. The van der Waals surface area contributed by atoms with Crippen molar-refractivity contribution in [3.63, 3.8) is 0 Å². The Balaban J connectivity index is 0.00000162. The highest BCUT2D eigenvalue weighted by molar-refractivity contribution is 5.28. The van der Waals surface area contributed by atoms with E-state index in [0.717, 1.165) is 25.4 Å². The molecule has 1 atom stereocenters. The number of halogens is 1. The van der Waals surface area contributed by atoms with Crippen molar-refractivity contribution in [2.75, 3.05) is 19.8 Å². The van der Waals surface area contributed by atoms with Crippen LogP contribution in [-0.4, -0.2) is 25.9 Å². The van der Waals surface area contributed by atoms with Crippen LogP contribution in [0.15, 0.2) is 24.3 Å². The molecule has 0 amide bonds. The quantitative estimate of drug-likeness (QED) is 0.746. The Morgan fingerprint density at radius 1 is 1.44 bits per heavy atom. The number of benzene rings is 1. The molecule has 0 aromatic heterocycles. The van der Waals surface area contributed by atoms with E-state index in [2.05, 4.69) is 17.4 Å². The highest BCUT2D eigenvalue weighted by atomic mass is 35.5. The Kier molecular flexibility index (Phi) is 7.09. The maximum Gasteiger partial charge on any atom is 0.119 e. The summed E-state index contributed by atoms with van der Waals surface area (Å²) in [5, 5.41) is 3.43. The molecule has 1 N–H and O–H groups in total. The zero-order valence-corrected chi connectivity index (χ0v) is 11.6. The average Bonchev–Trinajstić information content (AvgIpc) is 2.83. The van der Waals surface area contributed by atoms with Crippen molar-refractivity contribution in [2.24, 2.45) is 0 Å². The number of ether oxygens (including phenoxy) is 2. The second kappa shape index (κ2) is 8.35. The zero-order valence-electron chi connectivity index (χ0n) is 10.8. The molecular formula is C14H21ClNO2-. The third-order valence-corrected chi connectivity index (χ3v) is 2.93. The maximum absolute atomic E-state index is 5.57. The molecule has 1 aromatic carbocycles. The third kappa shape index (κ3) is 4.84. The summed E-state index contributed by atoms with van der Waals surface area (Å²) in [7, 11) is 0. The van der Waals surface area contributed by atoms with Gasteiger partial charge in [0, 0.05) is 19.7 Å². The van der Waals surface area contributed by atoms with Crippen LogP contribution in [0.3, 0.4) is 0 Å². The molecule has 1 unspecified atom stereocenters. The van der Waals surface area contributed by atoms with Crippen LogP contribution in [0.1, 0.15) is 25.3 Å². The first-order valence-electron chi connectivity index (χ1n) is 6.42. The molecule has 1 saturated heterocycles. The predicted molar refractivity (Wildman–Crippen MR) is 68.3 cm³/mol. The van der Waals surface area contributed by atoms with Crippen molar-refractivity contribution in [2.45, 2.75) is 32.4 Å². The van der Waals surface area contributed by atoms with Gasteiger partial charge in [-0.1, -0.05) is 12.1 Å². The molecule has 2 rings (SSSR count). The van der Waals surface area contributed by atoms with Gasteiger partial charge in [0.05, 0.1) is 12.7 Å². The lowest BCUT2D eigenvalue weighted by atomic mass is 10.2. The van der Waals surface area contributed by atoms with Gasteiger partial charge in [-0.3, -0.25) is 0 Å². The van der Waals surface area contributed by atoms with Crippen LogP contribution in [0.25, 0.3) is 0 Å². The second-order valence-corrected chi connectivity index (χ2v) is 4.35. The number of nitrogens with one attached hydrogen (secondary N) is 1. The normalized spacial score (nSPS) is 18.4. The van der Waals surface area contributed by atoms with Crippen molar-refractivity contribution in [3.8, 4) is 5.75 Å². The summed E-state index contributed by atoms with van der Waals surface area (Å²) in [5.74, 6) is 0.948. The van der Waals surface area contributed by atoms with Crippen LogP contribution < -0.4 is 22.5 Å². The Morgan fingerprint density at radius 2 is 2.33 bits per heavy atom. The predicted octanol–water partition coefficient (Wildman–Crippen LogP) is -0.642. The molecule has 1 heterocycles. The fourth-order valence-corrected chi connectivity index (χ4v) is 2.09. The van der Waals surface area contributed by atoms with Crippen LogP contribution in [0.2, 0.25) is 0 Å². The summed E-state index contributed by atoms with van der Waals surface area (Å²) >= 11 is 0. The number of hydrogen-bond donors (Lipinski definition) is 1. The van der Waals surface area contributed by atoms with Crippen molar-refractivity contribution in [1.29, 1.82) is 0 Å². The monoisotopic (exact) mass is 270 g/mol. The first-order chi connectivity index (χ1) is 8.38. The lowest BCUT2D eigenvalue weighted by Crippen LogP contribution is -3.00. The first-order valence-corrected chi connectivity index (χ1v) is 6.42. The second-order valence-electron chi connectivity index (χ2n) is 4.35. The molecule has 1 aliphatic rings. The molecule has 3 nitrogen and oxygen atoms in total. The van der Waals surface area contributed by atoms with Gasteiger partial charge in [0.25, 0.3) is 0 Å². The highest BCUT2D eigenvalue weighted by Crippen LogP contribution is 2.14. The van der Waals surface area contributed by atoms with Crippen LogP contribution >= 0.6 is 0 Å². The summed E-state index contributed by atoms with van der Waals surface area (Å²) in [4.78, 5) is 0. The molecule has 1 fully saturated rings. The van der Waals surface area contributed by atoms with Crippen LogP contribution in [-0.2, 0) is 11.3 Å². The van der Waals surface area contributed by atoms with Gasteiger partial charge in [-0.05, 0) is 37.5 Å². The summed E-state index contributed by atoms with van der Waals surface area (Å²) in [5.41, 5.74) is 1.26. The van der Waals surface area contributed by atoms with Gasteiger partial charge in [-0.15, -0.1) is 0 Å². The van der Waals surface area contributed by atoms with Gasteiger partial charge in [-0.2, -0.15) is 0 Å². The van der Waals surface area contributed by atoms with Crippen LogP contribution in [0.5, 0.6) is 5.75 Å². The van der Waals surface area contributed by atoms with Crippen molar-refractivity contribution >= 4 is 0 Å². The number of rotatable bonds is 6. The maximum atomic E-state index is 5.57. The molecule has 1 aromatic rings. The third-order valence-electron chi connectivity index (χ3n) is 2.93. The lowest BCUT2D eigenvalue weighted by molar-refractivity contribution is -0.00000546. The van der Waals surface area contributed by atoms with Crippen molar-refractivity contribution < 1.29 is 21.9 Å². The van der Waals surface area contributed by atoms with E-state index in [1.165, 1.54) is 18.4 Å². The van der Waals surface area contributed by atoms with Gasteiger partial charge in [-0.25, -0.2) is 0 Å². The van der Waals surface area contributed by atoms with Gasteiger partial charge >= 0.3 is 0 Å². The summed E-state index contributed by atoms with van der Waals surface area (Å²) in [6, 6.07) is 8.23. The molecule has 1 aliphatic heterocycles. The van der Waals surface area contributed by atoms with Gasteiger partial charge < -0.3 is 27.2 Å². The molecule has 0 aliphatic carbocycles. The van der Waals surface area contributed by atoms with E-state index in [4.69, 9.17) is 9.47 Å². The molecule has 18 heavy (non-hydrogen) atoms. The molecule has 0 bridgehead atoms. The zero-order chi connectivity index (χ0) is 11.9. The standard InChI is InChI=1S/C14H21NO2.ClH/c1-2-16-13-6-3-5-12(9-13)10-15-11-14-7-4-8-17-14;/h3,5-6,9,14-15H,2,4,7-8,10-11H2,1H3;1H/p-1. The first kappa shape index (κ1) is 15.3. The molecule has 0 spiro atoms. The molecule has 102 valence electrons. The summed E-state index contributed by atoms with van der Waals surface area (Å²) in [6.07, 6.45) is 2.79. The van der Waals surface area contributed by atoms with E-state index in [9.17, 15) is 0 Å². The molecule has 0 radical (unpaired) electrons. The fourth-order valence-electron chi connectivity index (χ4n) is 2.09. The van der Waals surface area contributed by atoms with E-state index >= 15 is 0 Å². The molecule has 0 saturated carbocycles. The Bertz CT molecular complexity index is 340. The van der Waals surface area contributed by atoms with Crippen LogP contribution in [0.4, 0.5) is 0 Å².